The number of hydrogen-bond acceptors (Lipinski definition) is 3. The van der Waals surface area contributed by atoms with E-state index in [0.29, 0.717) is 0 Å². The molecule has 0 spiro atoms. The highest BCUT2D eigenvalue weighted by Crippen LogP contribution is 2.21. The van der Waals surface area contributed by atoms with Crippen molar-refractivity contribution in [1.29, 1.82) is 0 Å². The number of pyridine rings is 1. The van der Waals surface area contributed by atoms with Gasteiger partial charge in [-0.3, -0.25) is 4.98 Å². The molecule has 0 aliphatic rings. The molecular formula is C12H12N2O. The second-order valence-corrected chi connectivity index (χ2v) is 3.23. The minimum absolute atomic E-state index is 0.267. The second kappa shape index (κ2) is 4.00. The number of aromatic hydroxyl groups is 1. The molecule has 0 radical (unpaired) electrons. The van der Waals surface area contributed by atoms with Crippen LogP contribution in [-0.2, 0) is 0 Å². The van der Waals surface area contributed by atoms with Crippen LogP contribution in [0.25, 0.3) is 11.3 Å². The number of nitrogens with one attached hydrogen (secondary N) is 1. The maximum Gasteiger partial charge on any atom is 0.115 e. The molecule has 0 amide bonds. The fourth-order valence-corrected chi connectivity index (χ4v) is 1.38. The van der Waals surface area contributed by atoms with E-state index in [1.54, 1.807) is 18.3 Å². The average Bonchev–Trinajstić information content (AvgIpc) is 2.30. The van der Waals surface area contributed by atoms with Crippen LogP contribution >= 0.6 is 0 Å². The van der Waals surface area contributed by atoms with Crippen molar-refractivity contribution < 1.29 is 5.11 Å². The Morgan fingerprint density at radius 3 is 2.53 bits per heavy atom. The van der Waals surface area contributed by atoms with Crippen molar-refractivity contribution in [1.82, 2.24) is 4.98 Å². The smallest absolute Gasteiger partial charge is 0.115 e. The predicted molar refractivity (Wildman–Crippen MR) is 60.9 cm³/mol. The van der Waals surface area contributed by atoms with Gasteiger partial charge in [-0.15, -0.1) is 0 Å². The molecule has 0 aliphatic carbocycles. The highest BCUT2D eigenvalue weighted by molar-refractivity contribution is 5.64. The van der Waals surface area contributed by atoms with Crippen LogP contribution < -0.4 is 5.32 Å². The fourth-order valence-electron chi connectivity index (χ4n) is 1.38. The summed E-state index contributed by atoms with van der Waals surface area (Å²) in [5.41, 5.74) is 2.90. The summed E-state index contributed by atoms with van der Waals surface area (Å²) in [5.74, 6) is 0.267. The average molecular weight is 200 g/mol. The molecule has 0 saturated carbocycles. The van der Waals surface area contributed by atoms with Crippen LogP contribution in [0.1, 0.15) is 0 Å². The molecule has 3 nitrogen and oxygen atoms in total. The Bertz CT molecular complexity index is 451. The molecule has 2 aromatic rings. The van der Waals surface area contributed by atoms with Crippen molar-refractivity contribution in [2.45, 2.75) is 0 Å². The van der Waals surface area contributed by atoms with E-state index in [9.17, 15) is 5.11 Å². The SMILES string of the molecule is CNc1ccnc(-c2ccc(O)cc2)c1. The van der Waals surface area contributed by atoms with E-state index in [1.807, 2.05) is 31.3 Å². The quantitative estimate of drug-likeness (QED) is 0.782. The summed E-state index contributed by atoms with van der Waals surface area (Å²) >= 11 is 0. The fraction of sp³-hybridized carbons (Fsp3) is 0.0833. The third-order valence-corrected chi connectivity index (χ3v) is 2.21. The number of anilines is 1. The van der Waals surface area contributed by atoms with Gasteiger partial charge in [-0.25, -0.2) is 0 Å². The lowest BCUT2D eigenvalue weighted by Gasteiger charge is -2.03. The Kier molecular flexibility index (Phi) is 2.54. The van der Waals surface area contributed by atoms with Gasteiger partial charge in [0.15, 0.2) is 0 Å². The molecule has 3 heteroatoms. The van der Waals surface area contributed by atoms with Crippen LogP contribution in [0.5, 0.6) is 5.75 Å². The van der Waals surface area contributed by atoms with Gasteiger partial charge in [-0.05, 0) is 36.4 Å². The van der Waals surface area contributed by atoms with Gasteiger partial charge < -0.3 is 10.4 Å². The third-order valence-electron chi connectivity index (χ3n) is 2.21. The summed E-state index contributed by atoms with van der Waals surface area (Å²) in [5, 5.41) is 12.2. The molecule has 76 valence electrons. The van der Waals surface area contributed by atoms with Gasteiger partial charge in [0.05, 0.1) is 5.69 Å². The van der Waals surface area contributed by atoms with E-state index >= 15 is 0 Å². The summed E-state index contributed by atoms with van der Waals surface area (Å²) in [6.07, 6.45) is 1.76. The molecule has 0 aliphatic heterocycles. The third kappa shape index (κ3) is 2.07. The van der Waals surface area contributed by atoms with Crippen LogP contribution in [0.15, 0.2) is 42.6 Å². The summed E-state index contributed by atoms with van der Waals surface area (Å²) in [4.78, 5) is 4.27. The van der Waals surface area contributed by atoms with Crippen LogP contribution in [-0.4, -0.2) is 17.1 Å². The first-order valence-electron chi connectivity index (χ1n) is 4.73. The number of phenolic OH excluding ortho intramolecular Hbond substituents is 1. The van der Waals surface area contributed by atoms with Gasteiger partial charge in [-0.2, -0.15) is 0 Å². The highest BCUT2D eigenvalue weighted by atomic mass is 16.3. The standard InChI is InChI=1S/C12H12N2O/c1-13-10-6-7-14-12(8-10)9-2-4-11(15)5-3-9/h2-8,15H,1H3,(H,13,14). The molecule has 0 saturated heterocycles. The van der Waals surface area contributed by atoms with Gasteiger partial charge in [-0.1, -0.05) is 0 Å². The van der Waals surface area contributed by atoms with E-state index in [-0.39, 0.29) is 5.75 Å². The molecule has 0 bridgehead atoms. The largest absolute Gasteiger partial charge is 0.508 e. The minimum atomic E-state index is 0.267. The van der Waals surface area contributed by atoms with E-state index in [1.165, 1.54) is 0 Å². The monoisotopic (exact) mass is 200 g/mol. The van der Waals surface area contributed by atoms with Gasteiger partial charge in [0.1, 0.15) is 5.75 Å². The Morgan fingerprint density at radius 2 is 1.87 bits per heavy atom. The Morgan fingerprint density at radius 1 is 1.13 bits per heavy atom. The van der Waals surface area contributed by atoms with E-state index in [0.717, 1.165) is 16.9 Å². The zero-order valence-electron chi connectivity index (χ0n) is 8.44. The molecule has 1 aromatic carbocycles. The number of nitrogens with zero attached hydrogens (tertiary/aromatic N) is 1. The maximum atomic E-state index is 9.17. The second-order valence-electron chi connectivity index (χ2n) is 3.23. The van der Waals surface area contributed by atoms with Crippen molar-refractivity contribution in [2.24, 2.45) is 0 Å². The van der Waals surface area contributed by atoms with Crippen LogP contribution in [0.4, 0.5) is 5.69 Å². The minimum Gasteiger partial charge on any atom is -0.508 e. The highest BCUT2D eigenvalue weighted by Gasteiger charge is 1.99. The molecule has 2 rings (SSSR count). The predicted octanol–water partition coefficient (Wildman–Crippen LogP) is 2.50. The lowest BCUT2D eigenvalue weighted by Crippen LogP contribution is -1.90. The first-order chi connectivity index (χ1) is 7.29. The Labute approximate surface area is 88.4 Å². The van der Waals surface area contributed by atoms with Crippen LogP contribution in [0, 0.1) is 0 Å². The first kappa shape index (κ1) is 9.52. The maximum absolute atomic E-state index is 9.17. The van der Waals surface area contributed by atoms with Gasteiger partial charge in [0, 0.05) is 24.5 Å². The number of rotatable bonds is 2. The molecule has 1 aromatic heterocycles. The zero-order valence-corrected chi connectivity index (χ0v) is 8.44. The van der Waals surface area contributed by atoms with Crippen molar-refractivity contribution in [3.8, 4) is 17.0 Å². The number of hydrogen-bond donors (Lipinski definition) is 2. The molecular weight excluding hydrogens is 188 g/mol. The Hall–Kier alpha value is -2.03. The van der Waals surface area contributed by atoms with Crippen LogP contribution in [0.2, 0.25) is 0 Å². The summed E-state index contributed by atoms with van der Waals surface area (Å²) < 4.78 is 0. The first-order valence-corrected chi connectivity index (χ1v) is 4.73. The normalized spacial score (nSPS) is 9.93. The molecule has 0 fully saturated rings. The van der Waals surface area contributed by atoms with E-state index in [2.05, 4.69) is 10.3 Å². The number of benzene rings is 1. The Balaban J connectivity index is 2.40. The molecule has 2 N–H and O–H groups in total. The summed E-state index contributed by atoms with van der Waals surface area (Å²) in [6.45, 7) is 0. The summed E-state index contributed by atoms with van der Waals surface area (Å²) in [6, 6.07) is 10.9. The number of phenols is 1. The summed E-state index contributed by atoms with van der Waals surface area (Å²) in [7, 11) is 1.87. The van der Waals surface area contributed by atoms with Gasteiger partial charge in [0.2, 0.25) is 0 Å². The lowest BCUT2D eigenvalue weighted by atomic mass is 10.1. The molecule has 0 atom stereocenters. The van der Waals surface area contributed by atoms with Crippen molar-refractivity contribution in [3.05, 3.63) is 42.6 Å². The topological polar surface area (TPSA) is 45.2 Å². The van der Waals surface area contributed by atoms with E-state index < -0.39 is 0 Å². The van der Waals surface area contributed by atoms with Crippen molar-refractivity contribution in [3.63, 3.8) is 0 Å². The van der Waals surface area contributed by atoms with E-state index in [4.69, 9.17) is 0 Å². The van der Waals surface area contributed by atoms with Gasteiger partial charge >= 0.3 is 0 Å². The molecule has 0 unspecified atom stereocenters. The molecule has 15 heavy (non-hydrogen) atoms. The zero-order chi connectivity index (χ0) is 10.7. The van der Waals surface area contributed by atoms with Gasteiger partial charge in [0.25, 0.3) is 0 Å². The number of aromatic nitrogens is 1. The molecule has 1 heterocycles. The lowest BCUT2D eigenvalue weighted by molar-refractivity contribution is 0.475. The van der Waals surface area contributed by atoms with Crippen molar-refractivity contribution in [2.75, 3.05) is 12.4 Å². The van der Waals surface area contributed by atoms with Crippen molar-refractivity contribution >= 4 is 5.69 Å². The van der Waals surface area contributed by atoms with Crippen LogP contribution in [0.3, 0.4) is 0 Å².